The molecule has 1 aliphatic heterocycles. The van der Waals surface area contributed by atoms with E-state index in [1.165, 1.54) is 12.8 Å². The van der Waals surface area contributed by atoms with Crippen LogP contribution in [0.4, 0.5) is 5.82 Å². The molecule has 4 nitrogen and oxygen atoms in total. The highest BCUT2D eigenvalue weighted by molar-refractivity contribution is 5.75. The van der Waals surface area contributed by atoms with Crippen molar-refractivity contribution in [3.63, 3.8) is 0 Å². The van der Waals surface area contributed by atoms with Gasteiger partial charge in [0.1, 0.15) is 5.82 Å². The van der Waals surface area contributed by atoms with Crippen LogP contribution in [0.15, 0.2) is 18.3 Å². The third-order valence-electron chi connectivity index (χ3n) is 3.21. The first kappa shape index (κ1) is 12.9. The highest BCUT2D eigenvalue weighted by atomic mass is 16.1. The van der Waals surface area contributed by atoms with Crippen LogP contribution in [0.3, 0.4) is 0 Å². The number of amides is 1. The van der Waals surface area contributed by atoms with Crippen LogP contribution in [0, 0.1) is 0 Å². The Hall–Kier alpha value is -1.58. The summed E-state index contributed by atoms with van der Waals surface area (Å²) in [6.07, 6.45) is 5.82. The second-order valence-corrected chi connectivity index (χ2v) is 4.74. The number of aromatic nitrogens is 1. The lowest BCUT2D eigenvalue weighted by molar-refractivity contribution is -0.121. The first-order valence-corrected chi connectivity index (χ1v) is 6.76. The van der Waals surface area contributed by atoms with Gasteiger partial charge in [-0.05, 0) is 37.0 Å². The van der Waals surface area contributed by atoms with Gasteiger partial charge in [-0.15, -0.1) is 0 Å². The summed E-state index contributed by atoms with van der Waals surface area (Å²) < 4.78 is 0. The average Bonchev–Trinajstić information content (AvgIpc) is 2.91. The van der Waals surface area contributed by atoms with E-state index in [2.05, 4.69) is 21.3 Å². The molecule has 4 heteroatoms. The Kier molecular flexibility index (Phi) is 4.56. The van der Waals surface area contributed by atoms with Crippen molar-refractivity contribution in [1.82, 2.24) is 10.3 Å². The SMILES string of the molecule is CCCC(=O)NCc1ccnc(N2CCCC2)c1. The summed E-state index contributed by atoms with van der Waals surface area (Å²) in [5.74, 6) is 1.16. The van der Waals surface area contributed by atoms with Crippen molar-refractivity contribution in [2.24, 2.45) is 0 Å². The Balaban J connectivity index is 1.92. The largest absolute Gasteiger partial charge is 0.357 e. The molecule has 0 aliphatic carbocycles. The molecule has 0 atom stereocenters. The molecule has 1 N–H and O–H groups in total. The van der Waals surface area contributed by atoms with E-state index in [0.717, 1.165) is 30.9 Å². The van der Waals surface area contributed by atoms with Crippen LogP contribution in [0.2, 0.25) is 0 Å². The van der Waals surface area contributed by atoms with Crippen molar-refractivity contribution in [3.05, 3.63) is 23.9 Å². The molecule has 1 aliphatic rings. The normalized spacial score (nSPS) is 14.8. The van der Waals surface area contributed by atoms with Crippen LogP contribution in [-0.4, -0.2) is 24.0 Å². The van der Waals surface area contributed by atoms with Gasteiger partial charge in [-0.25, -0.2) is 4.98 Å². The second-order valence-electron chi connectivity index (χ2n) is 4.74. The number of nitrogens with zero attached hydrogens (tertiary/aromatic N) is 2. The van der Waals surface area contributed by atoms with Crippen molar-refractivity contribution in [2.45, 2.75) is 39.2 Å². The van der Waals surface area contributed by atoms with E-state index in [9.17, 15) is 4.79 Å². The Bertz CT molecular complexity index is 400. The van der Waals surface area contributed by atoms with Gasteiger partial charge in [-0.3, -0.25) is 4.79 Å². The molecule has 18 heavy (non-hydrogen) atoms. The minimum absolute atomic E-state index is 0.122. The summed E-state index contributed by atoms with van der Waals surface area (Å²) in [6.45, 7) is 4.80. The molecule has 2 heterocycles. The molecule has 1 aromatic rings. The number of hydrogen-bond acceptors (Lipinski definition) is 3. The fourth-order valence-corrected chi connectivity index (χ4v) is 2.21. The number of carbonyl (C=O) groups excluding carboxylic acids is 1. The minimum Gasteiger partial charge on any atom is -0.357 e. The topological polar surface area (TPSA) is 45.2 Å². The van der Waals surface area contributed by atoms with Gasteiger partial charge in [0.25, 0.3) is 0 Å². The van der Waals surface area contributed by atoms with Crippen molar-refractivity contribution in [1.29, 1.82) is 0 Å². The number of pyridine rings is 1. The second kappa shape index (κ2) is 6.38. The van der Waals surface area contributed by atoms with Crippen molar-refractivity contribution >= 4 is 11.7 Å². The predicted octanol–water partition coefficient (Wildman–Crippen LogP) is 2.10. The summed E-state index contributed by atoms with van der Waals surface area (Å²) in [5.41, 5.74) is 1.12. The zero-order valence-electron chi connectivity index (χ0n) is 11.0. The third kappa shape index (κ3) is 3.45. The van der Waals surface area contributed by atoms with Crippen LogP contribution in [0.5, 0.6) is 0 Å². The number of anilines is 1. The maximum Gasteiger partial charge on any atom is 0.220 e. The molecule has 0 aromatic carbocycles. The van der Waals surface area contributed by atoms with E-state index >= 15 is 0 Å². The standard InChI is InChI=1S/C14H21N3O/c1-2-5-14(18)16-11-12-6-7-15-13(10-12)17-8-3-4-9-17/h6-7,10H,2-5,8-9,11H2,1H3,(H,16,18). The molecular formula is C14H21N3O. The van der Waals surface area contributed by atoms with Crippen LogP contribution in [0.25, 0.3) is 0 Å². The minimum atomic E-state index is 0.122. The Morgan fingerprint density at radius 2 is 2.22 bits per heavy atom. The lowest BCUT2D eigenvalue weighted by Gasteiger charge is -2.16. The summed E-state index contributed by atoms with van der Waals surface area (Å²) in [7, 11) is 0. The molecular weight excluding hydrogens is 226 g/mol. The first-order chi connectivity index (χ1) is 8.79. The van der Waals surface area contributed by atoms with Crippen molar-refractivity contribution in [3.8, 4) is 0 Å². The Labute approximate surface area is 108 Å². The van der Waals surface area contributed by atoms with E-state index < -0.39 is 0 Å². The highest BCUT2D eigenvalue weighted by Gasteiger charge is 2.13. The lowest BCUT2D eigenvalue weighted by atomic mass is 10.2. The zero-order valence-corrected chi connectivity index (χ0v) is 11.0. The highest BCUT2D eigenvalue weighted by Crippen LogP contribution is 2.18. The van der Waals surface area contributed by atoms with Crippen LogP contribution < -0.4 is 10.2 Å². The molecule has 0 saturated carbocycles. The fraction of sp³-hybridized carbons (Fsp3) is 0.571. The van der Waals surface area contributed by atoms with Gasteiger partial charge in [0.15, 0.2) is 0 Å². The number of rotatable bonds is 5. The quantitative estimate of drug-likeness (QED) is 0.866. The van der Waals surface area contributed by atoms with Crippen molar-refractivity contribution < 1.29 is 4.79 Å². The van der Waals surface area contributed by atoms with Gasteiger partial charge in [-0.2, -0.15) is 0 Å². The molecule has 1 saturated heterocycles. The maximum atomic E-state index is 11.4. The maximum absolute atomic E-state index is 11.4. The van der Waals surface area contributed by atoms with Gasteiger partial charge in [0.2, 0.25) is 5.91 Å². The van der Waals surface area contributed by atoms with E-state index in [4.69, 9.17) is 0 Å². The van der Waals surface area contributed by atoms with E-state index in [1.807, 2.05) is 19.2 Å². The average molecular weight is 247 g/mol. The summed E-state index contributed by atoms with van der Waals surface area (Å²) in [6, 6.07) is 4.04. The van der Waals surface area contributed by atoms with Crippen LogP contribution in [-0.2, 0) is 11.3 Å². The summed E-state index contributed by atoms with van der Waals surface area (Å²) in [4.78, 5) is 18.1. The molecule has 0 radical (unpaired) electrons. The van der Waals surface area contributed by atoms with Gasteiger partial charge in [-0.1, -0.05) is 6.92 Å². The van der Waals surface area contributed by atoms with Crippen LogP contribution in [0.1, 0.15) is 38.2 Å². The Morgan fingerprint density at radius 1 is 1.44 bits per heavy atom. The molecule has 0 spiro atoms. The van der Waals surface area contributed by atoms with Crippen LogP contribution >= 0.6 is 0 Å². The van der Waals surface area contributed by atoms with Crippen molar-refractivity contribution in [2.75, 3.05) is 18.0 Å². The Morgan fingerprint density at radius 3 is 2.94 bits per heavy atom. The molecule has 0 unspecified atom stereocenters. The monoisotopic (exact) mass is 247 g/mol. The molecule has 2 rings (SSSR count). The van der Waals surface area contributed by atoms with Gasteiger partial charge in [0, 0.05) is 32.3 Å². The van der Waals surface area contributed by atoms with Gasteiger partial charge in [0.05, 0.1) is 0 Å². The van der Waals surface area contributed by atoms with E-state index in [-0.39, 0.29) is 5.91 Å². The molecule has 98 valence electrons. The zero-order chi connectivity index (χ0) is 12.8. The third-order valence-corrected chi connectivity index (χ3v) is 3.21. The number of nitrogens with one attached hydrogen (secondary N) is 1. The smallest absolute Gasteiger partial charge is 0.220 e. The molecule has 1 fully saturated rings. The summed E-state index contributed by atoms with van der Waals surface area (Å²) >= 11 is 0. The van der Waals surface area contributed by atoms with Gasteiger partial charge < -0.3 is 10.2 Å². The fourth-order valence-electron chi connectivity index (χ4n) is 2.21. The molecule has 1 aromatic heterocycles. The molecule has 1 amide bonds. The van der Waals surface area contributed by atoms with E-state index in [1.54, 1.807) is 0 Å². The van der Waals surface area contributed by atoms with Gasteiger partial charge >= 0.3 is 0 Å². The summed E-state index contributed by atoms with van der Waals surface area (Å²) in [5, 5.41) is 2.93. The number of hydrogen-bond donors (Lipinski definition) is 1. The lowest BCUT2D eigenvalue weighted by Crippen LogP contribution is -2.23. The molecule has 0 bridgehead atoms. The predicted molar refractivity (Wildman–Crippen MR) is 72.4 cm³/mol. The number of carbonyl (C=O) groups is 1. The van der Waals surface area contributed by atoms with E-state index in [0.29, 0.717) is 13.0 Å². The first-order valence-electron chi connectivity index (χ1n) is 6.76.